The lowest BCUT2D eigenvalue weighted by Crippen LogP contribution is -2.38. The highest BCUT2D eigenvalue weighted by Crippen LogP contribution is 2.44. The summed E-state index contributed by atoms with van der Waals surface area (Å²) in [6.45, 7) is 0.201. The Morgan fingerprint density at radius 3 is 2.31 bits per heavy atom. The first-order chi connectivity index (χ1) is 13.8. The monoisotopic (exact) mass is 432 g/mol. The number of anilines is 1. The van der Waals surface area contributed by atoms with Crippen LogP contribution in [0, 0.1) is 11.8 Å². The third kappa shape index (κ3) is 4.59. The SMILES string of the molecule is CS(=O)(=O)N(Cc1ccc(Cl)cc1)c1ccc(C(=O)N[C@H]2C[C@H]3CC[C@@H]2C3)cc1. The van der Waals surface area contributed by atoms with Crippen molar-refractivity contribution in [2.45, 2.75) is 38.3 Å². The van der Waals surface area contributed by atoms with Gasteiger partial charge in [-0.25, -0.2) is 8.42 Å². The third-order valence-electron chi connectivity index (χ3n) is 6.11. The zero-order chi connectivity index (χ0) is 20.6. The van der Waals surface area contributed by atoms with Crippen LogP contribution in [0.3, 0.4) is 0 Å². The van der Waals surface area contributed by atoms with Gasteiger partial charge in [0.15, 0.2) is 0 Å². The molecule has 2 aliphatic rings. The molecular weight excluding hydrogens is 408 g/mol. The maximum absolute atomic E-state index is 12.6. The second kappa shape index (κ2) is 8.00. The Labute approximate surface area is 177 Å². The van der Waals surface area contributed by atoms with Crippen molar-refractivity contribution < 1.29 is 13.2 Å². The lowest BCUT2D eigenvalue weighted by Gasteiger charge is -2.24. The van der Waals surface area contributed by atoms with E-state index in [-0.39, 0.29) is 18.5 Å². The predicted octanol–water partition coefficient (Wildman–Crippen LogP) is 4.22. The molecule has 3 atom stereocenters. The van der Waals surface area contributed by atoms with Crippen LogP contribution in [0.15, 0.2) is 48.5 Å². The highest BCUT2D eigenvalue weighted by Gasteiger charge is 2.40. The van der Waals surface area contributed by atoms with Crippen LogP contribution in [0.1, 0.15) is 41.6 Å². The molecule has 2 aliphatic carbocycles. The minimum Gasteiger partial charge on any atom is -0.349 e. The van der Waals surface area contributed by atoms with Gasteiger partial charge < -0.3 is 5.32 Å². The lowest BCUT2D eigenvalue weighted by atomic mass is 9.95. The number of benzene rings is 2. The first kappa shape index (κ1) is 20.2. The number of rotatable bonds is 6. The van der Waals surface area contributed by atoms with Crippen molar-refractivity contribution in [3.05, 3.63) is 64.7 Å². The van der Waals surface area contributed by atoms with E-state index >= 15 is 0 Å². The fourth-order valence-corrected chi connectivity index (χ4v) is 5.62. The summed E-state index contributed by atoms with van der Waals surface area (Å²) in [5.41, 5.74) is 1.91. The van der Waals surface area contributed by atoms with Crippen LogP contribution in [0.2, 0.25) is 5.02 Å². The molecular formula is C22H25ClN2O3S. The van der Waals surface area contributed by atoms with Crippen molar-refractivity contribution in [2.24, 2.45) is 11.8 Å². The molecule has 2 fully saturated rings. The molecule has 0 aromatic heterocycles. The van der Waals surface area contributed by atoms with Gasteiger partial charge in [0.05, 0.1) is 18.5 Å². The number of hydrogen-bond donors (Lipinski definition) is 1. The van der Waals surface area contributed by atoms with Crippen LogP contribution in [0.5, 0.6) is 0 Å². The van der Waals surface area contributed by atoms with E-state index in [1.165, 1.54) is 29.8 Å². The lowest BCUT2D eigenvalue weighted by molar-refractivity contribution is 0.0923. The molecule has 2 saturated carbocycles. The van der Waals surface area contributed by atoms with Crippen LogP contribution in [-0.4, -0.2) is 26.6 Å². The summed E-state index contributed by atoms with van der Waals surface area (Å²) in [7, 11) is -3.48. The number of hydrogen-bond acceptors (Lipinski definition) is 3. The Morgan fingerprint density at radius 2 is 1.76 bits per heavy atom. The largest absolute Gasteiger partial charge is 0.349 e. The topological polar surface area (TPSA) is 66.5 Å². The van der Waals surface area contributed by atoms with E-state index in [2.05, 4.69) is 5.32 Å². The zero-order valence-electron chi connectivity index (χ0n) is 16.3. The molecule has 5 nitrogen and oxygen atoms in total. The van der Waals surface area contributed by atoms with Crippen LogP contribution >= 0.6 is 11.6 Å². The van der Waals surface area contributed by atoms with Crippen molar-refractivity contribution >= 4 is 33.2 Å². The Morgan fingerprint density at radius 1 is 1.07 bits per heavy atom. The maximum atomic E-state index is 12.6. The quantitative estimate of drug-likeness (QED) is 0.742. The van der Waals surface area contributed by atoms with Crippen molar-refractivity contribution in [2.75, 3.05) is 10.6 Å². The molecule has 2 aromatic rings. The molecule has 0 spiro atoms. The van der Waals surface area contributed by atoms with E-state index in [4.69, 9.17) is 11.6 Å². The van der Waals surface area contributed by atoms with E-state index < -0.39 is 10.0 Å². The molecule has 0 heterocycles. The number of carbonyl (C=O) groups is 1. The van der Waals surface area contributed by atoms with Gasteiger partial charge in [0.1, 0.15) is 0 Å². The molecule has 2 bridgehead atoms. The molecule has 29 heavy (non-hydrogen) atoms. The van der Waals surface area contributed by atoms with E-state index in [1.54, 1.807) is 48.5 Å². The van der Waals surface area contributed by atoms with Crippen molar-refractivity contribution in [3.63, 3.8) is 0 Å². The number of nitrogens with zero attached hydrogens (tertiary/aromatic N) is 1. The maximum Gasteiger partial charge on any atom is 0.251 e. The number of amides is 1. The summed E-state index contributed by atoms with van der Waals surface area (Å²) >= 11 is 5.91. The Balaban J connectivity index is 1.48. The molecule has 4 rings (SSSR count). The molecule has 1 N–H and O–H groups in total. The van der Waals surface area contributed by atoms with E-state index in [0.717, 1.165) is 17.9 Å². The Hall–Kier alpha value is -2.05. The first-order valence-electron chi connectivity index (χ1n) is 9.92. The van der Waals surface area contributed by atoms with Crippen molar-refractivity contribution in [1.82, 2.24) is 5.32 Å². The average Bonchev–Trinajstić information content (AvgIpc) is 3.30. The van der Waals surface area contributed by atoms with E-state index in [1.807, 2.05) is 0 Å². The summed E-state index contributed by atoms with van der Waals surface area (Å²) in [6.07, 6.45) is 6.00. The number of fused-ring (bicyclic) bond motifs is 2. The molecule has 0 saturated heterocycles. The van der Waals surface area contributed by atoms with Crippen LogP contribution < -0.4 is 9.62 Å². The third-order valence-corrected chi connectivity index (χ3v) is 7.50. The number of sulfonamides is 1. The second-order valence-electron chi connectivity index (χ2n) is 8.20. The summed E-state index contributed by atoms with van der Waals surface area (Å²) in [6, 6.07) is 14.1. The number of carbonyl (C=O) groups excluding carboxylic acids is 1. The van der Waals surface area contributed by atoms with Crippen LogP contribution in [0.4, 0.5) is 5.69 Å². The summed E-state index contributed by atoms with van der Waals surface area (Å²) < 4.78 is 26.0. The minimum absolute atomic E-state index is 0.0855. The molecule has 2 aromatic carbocycles. The minimum atomic E-state index is -3.48. The highest BCUT2D eigenvalue weighted by atomic mass is 35.5. The molecule has 154 valence electrons. The highest BCUT2D eigenvalue weighted by molar-refractivity contribution is 7.92. The van der Waals surface area contributed by atoms with Gasteiger partial charge >= 0.3 is 0 Å². The van der Waals surface area contributed by atoms with Gasteiger partial charge in [0.25, 0.3) is 5.91 Å². The smallest absolute Gasteiger partial charge is 0.251 e. The van der Waals surface area contributed by atoms with Gasteiger partial charge in [-0.15, -0.1) is 0 Å². The second-order valence-corrected chi connectivity index (χ2v) is 10.5. The van der Waals surface area contributed by atoms with Crippen LogP contribution in [0.25, 0.3) is 0 Å². The fourth-order valence-electron chi connectivity index (χ4n) is 4.61. The normalized spacial score (nSPS) is 23.2. The number of nitrogens with one attached hydrogen (secondary N) is 1. The average molecular weight is 433 g/mol. The van der Waals surface area contributed by atoms with E-state index in [0.29, 0.717) is 22.2 Å². The van der Waals surface area contributed by atoms with Crippen molar-refractivity contribution in [1.29, 1.82) is 0 Å². The van der Waals surface area contributed by atoms with E-state index in [9.17, 15) is 13.2 Å². The fraction of sp³-hybridized carbons (Fsp3) is 0.409. The number of halogens is 1. The van der Waals surface area contributed by atoms with Gasteiger partial charge in [-0.05, 0) is 73.1 Å². The standard InChI is InChI=1S/C22H25ClN2O3S/c1-29(27,28)25(14-15-3-8-19(23)9-4-15)20-10-6-17(7-11-20)22(26)24-21-13-16-2-5-18(21)12-16/h3-4,6-11,16,18,21H,2,5,12-14H2,1H3,(H,24,26)/t16-,18+,21-/m0/s1. The van der Waals surface area contributed by atoms with Gasteiger partial charge in [-0.2, -0.15) is 0 Å². The molecule has 0 radical (unpaired) electrons. The van der Waals surface area contributed by atoms with Gasteiger partial charge in [0.2, 0.25) is 10.0 Å². The molecule has 1 amide bonds. The van der Waals surface area contributed by atoms with Gasteiger partial charge in [-0.1, -0.05) is 30.2 Å². The Bertz CT molecular complexity index is 990. The van der Waals surface area contributed by atoms with Crippen LogP contribution in [-0.2, 0) is 16.6 Å². The van der Waals surface area contributed by atoms with Gasteiger partial charge in [-0.3, -0.25) is 9.10 Å². The summed E-state index contributed by atoms with van der Waals surface area (Å²) in [5, 5.41) is 3.77. The molecule has 0 aliphatic heterocycles. The summed E-state index contributed by atoms with van der Waals surface area (Å²) in [5.74, 6) is 1.30. The first-order valence-corrected chi connectivity index (χ1v) is 12.2. The zero-order valence-corrected chi connectivity index (χ0v) is 17.9. The molecule has 0 unspecified atom stereocenters. The predicted molar refractivity (Wildman–Crippen MR) is 116 cm³/mol. The Kier molecular flexibility index (Phi) is 5.58. The van der Waals surface area contributed by atoms with Gasteiger partial charge in [0, 0.05) is 16.6 Å². The summed E-state index contributed by atoms with van der Waals surface area (Å²) in [4.78, 5) is 12.6. The molecule has 7 heteroatoms. The van der Waals surface area contributed by atoms with Crippen molar-refractivity contribution in [3.8, 4) is 0 Å².